The molecule has 0 saturated heterocycles. The van der Waals surface area contributed by atoms with Gasteiger partial charge >= 0.3 is 5.97 Å². The Hall–Kier alpha value is -2.96. The van der Waals surface area contributed by atoms with Crippen molar-refractivity contribution < 1.29 is 14.3 Å². The fraction of sp³-hybridized carbons (Fsp3) is 0.379. The molecular formula is C29H34N2O3S. The van der Waals surface area contributed by atoms with Gasteiger partial charge in [-0.1, -0.05) is 74.5 Å². The van der Waals surface area contributed by atoms with E-state index in [0.29, 0.717) is 18.9 Å². The highest BCUT2D eigenvalue weighted by Gasteiger charge is 2.45. The van der Waals surface area contributed by atoms with Crippen LogP contribution in [-0.2, 0) is 32.8 Å². The molecule has 2 aromatic carbocycles. The Morgan fingerprint density at radius 1 is 1.06 bits per heavy atom. The van der Waals surface area contributed by atoms with Gasteiger partial charge in [0, 0.05) is 37.4 Å². The average Bonchev–Trinajstić information content (AvgIpc) is 3.33. The molecule has 0 fully saturated rings. The van der Waals surface area contributed by atoms with Crippen molar-refractivity contribution in [2.75, 3.05) is 0 Å². The standard InChI is InChI=1S/C29H34N2O3S/c1-20(2)30-24-16-15-23-12-7-8-13-25(23)29(19-24,27-14-9-17-35-27)34-28(33)26(31-21(3)32)18-22-10-5-4-6-11-22/h4-14,17,20,24,26,30H,15-16,18-19H2,1-3H3,(H,31,32)/t24-,26+,29+/m0/s1. The zero-order valence-corrected chi connectivity index (χ0v) is 21.4. The smallest absolute Gasteiger partial charge is 0.330 e. The van der Waals surface area contributed by atoms with E-state index in [9.17, 15) is 9.59 Å². The summed E-state index contributed by atoms with van der Waals surface area (Å²) < 4.78 is 6.59. The number of carbonyl (C=O) groups excluding carboxylic acids is 2. The molecular weight excluding hydrogens is 456 g/mol. The van der Waals surface area contributed by atoms with Crippen LogP contribution in [0.4, 0.5) is 0 Å². The number of aryl methyl sites for hydroxylation is 1. The molecule has 6 heteroatoms. The van der Waals surface area contributed by atoms with Crippen molar-refractivity contribution in [3.8, 4) is 0 Å². The van der Waals surface area contributed by atoms with Gasteiger partial charge in [0.2, 0.25) is 5.91 Å². The first-order valence-corrected chi connectivity index (χ1v) is 13.2. The molecule has 3 aromatic rings. The fourth-order valence-corrected chi connectivity index (χ4v) is 5.94. The lowest BCUT2D eigenvalue weighted by molar-refractivity contribution is -0.161. The quantitative estimate of drug-likeness (QED) is 0.345. The van der Waals surface area contributed by atoms with Crippen LogP contribution in [0.3, 0.4) is 0 Å². The maximum Gasteiger partial charge on any atom is 0.330 e. The van der Waals surface area contributed by atoms with Gasteiger partial charge in [-0.3, -0.25) is 4.79 Å². The van der Waals surface area contributed by atoms with Crippen LogP contribution < -0.4 is 10.6 Å². The van der Waals surface area contributed by atoms with Crippen LogP contribution in [0.15, 0.2) is 72.1 Å². The fourth-order valence-electron chi connectivity index (χ4n) is 5.05. The second kappa shape index (κ2) is 11.2. The van der Waals surface area contributed by atoms with Crippen molar-refractivity contribution in [2.24, 2.45) is 0 Å². The molecule has 184 valence electrons. The average molecular weight is 491 g/mol. The van der Waals surface area contributed by atoms with Crippen molar-refractivity contribution in [3.05, 3.63) is 93.7 Å². The Morgan fingerprint density at radius 3 is 2.49 bits per heavy atom. The predicted octanol–water partition coefficient (Wildman–Crippen LogP) is 4.99. The van der Waals surface area contributed by atoms with E-state index < -0.39 is 17.6 Å². The van der Waals surface area contributed by atoms with Crippen LogP contribution in [-0.4, -0.2) is 30.0 Å². The molecule has 0 bridgehead atoms. The van der Waals surface area contributed by atoms with Gasteiger partial charge in [-0.2, -0.15) is 0 Å². The van der Waals surface area contributed by atoms with Crippen molar-refractivity contribution in [3.63, 3.8) is 0 Å². The number of ether oxygens (including phenoxy) is 1. The topological polar surface area (TPSA) is 67.4 Å². The van der Waals surface area contributed by atoms with Crippen LogP contribution in [0.1, 0.15) is 55.2 Å². The van der Waals surface area contributed by atoms with E-state index in [4.69, 9.17) is 4.74 Å². The molecule has 2 N–H and O–H groups in total. The van der Waals surface area contributed by atoms with Crippen LogP contribution in [0.2, 0.25) is 0 Å². The first-order chi connectivity index (χ1) is 16.9. The van der Waals surface area contributed by atoms with Gasteiger partial charge in [0.15, 0.2) is 5.60 Å². The third-order valence-electron chi connectivity index (χ3n) is 6.46. The molecule has 35 heavy (non-hydrogen) atoms. The van der Waals surface area contributed by atoms with Crippen LogP contribution in [0, 0.1) is 0 Å². The van der Waals surface area contributed by atoms with Crippen LogP contribution in [0.25, 0.3) is 0 Å². The minimum absolute atomic E-state index is 0.172. The lowest BCUT2D eigenvalue weighted by atomic mass is 9.85. The molecule has 1 aromatic heterocycles. The molecule has 1 aliphatic rings. The van der Waals surface area contributed by atoms with E-state index in [1.54, 1.807) is 11.3 Å². The highest BCUT2D eigenvalue weighted by atomic mass is 32.1. The molecule has 0 radical (unpaired) electrons. The van der Waals surface area contributed by atoms with Crippen molar-refractivity contribution in [2.45, 2.75) is 70.2 Å². The zero-order chi connectivity index (χ0) is 24.8. The Labute approximate surface area is 211 Å². The number of nitrogens with one attached hydrogen (secondary N) is 2. The Kier molecular flexibility index (Phi) is 8.04. The Bertz CT molecular complexity index is 1130. The number of esters is 1. The van der Waals surface area contributed by atoms with Crippen LogP contribution >= 0.6 is 11.3 Å². The van der Waals surface area contributed by atoms with E-state index in [0.717, 1.165) is 28.8 Å². The molecule has 1 heterocycles. The number of rotatable bonds is 8. The van der Waals surface area contributed by atoms with Crippen LogP contribution in [0.5, 0.6) is 0 Å². The molecule has 0 saturated carbocycles. The SMILES string of the molecule is CC(=O)N[C@H](Cc1ccccc1)C(=O)O[C@]1(c2cccs2)C[C@@H](NC(C)C)CCc2ccccc21. The number of amides is 1. The summed E-state index contributed by atoms with van der Waals surface area (Å²) in [6.45, 7) is 5.72. The van der Waals surface area contributed by atoms with Gasteiger partial charge in [0.1, 0.15) is 6.04 Å². The normalized spacial score (nSPS) is 20.5. The van der Waals surface area contributed by atoms with Crippen molar-refractivity contribution in [1.82, 2.24) is 10.6 Å². The van der Waals surface area contributed by atoms with Gasteiger partial charge in [0.05, 0.1) is 4.88 Å². The summed E-state index contributed by atoms with van der Waals surface area (Å²) >= 11 is 1.60. The van der Waals surface area contributed by atoms with Crippen molar-refractivity contribution in [1.29, 1.82) is 0 Å². The highest BCUT2D eigenvalue weighted by Crippen LogP contribution is 2.45. The molecule has 0 spiro atoms. The number of thiophene rings is 1. The molecule has 0 aliphatic heterocycles. The monoisotopic (exact) mass is 490 g/mol. The third-order valence-corrected chi connectivity index (χ3v) is 7.47. The molecule has 1 amide bonds. The summed E-state index contributed by atoms with van der Waals surface area (Å²) in [5.74, 6) is -0.675. The van der Waals surface area contributed by atoms with Gasteiger partial charge in [0.25, 0.3) is 0 Å². The third kappa shape index (κ3) is 6.00. The number of carbonyl (C=O) groups is 2. The summed E-state index contributed by atoms with van der Waals surface area (Å²) in [7, 11) is 0. The van der Waals surface area contributed by atoms with Gasteiger partial charge < -0.3 is 15.4 Å². The van der Waals surface area contributed by atoms with E-state index in [1.807, 2.05) is 53.9 Å². The van der Waals surface area contributed by atoms with E-state index in [-0.39, 0.29) is 11.9 Å². The Balaban J connectivity index is 1.76. The molecule has 5 nitrogen and oxygen atoms in total. The Morgan fingerprint density at radius 2 is 1.80 bits per heavy atom. The summed E-state index contributed by atoms with van der Waals surface area (Å²) in [5.41, 5.74) is 2.26. The molecule has 4 rings (SSSR count). The maximum atomic E-state index is 13.8. The van der Waals surface area contributed by atoms with Crippen molar-refractivity contribution >= 4 is 23.2 Å². The lowest BCUT2D eigenvalue weighted by Crippen LogP contribution is -2.48. The molecule has 1 aliphatic carbocycles. The largest absolute Gasteiger partial charge is 0.447 e. The summed E-state index contributed by atoms with van der Waals surface area (Å²) in [4.78, 5) is 26.9. The molecule has 0 unspecified atom stereocenters. The lowest BCUT2D eigenvalue weighted by Gasteiger charge is -2.37. The maximum absolute atomic E-state index is 13.8. The van der Waals surface area contributed by atoms with Gasteiger partial charge in [-0.15, -0.1) is 11.3 Å². The summed E-state index contributed by atoms with van der Waals surface area (Å²) in [6, 6.07) is 21.8. The number of benzene rings is 2. The second-order valence-electron chi connectivity index (χ2n) is 9.59. The minimum Gasteiger partial charge on any atom is -0.447 e. The van der Waals surface area contributed by atoms with E-state index >= 15 is 0 Å². The van der Waals surface area contributed by atoms with Gasteiger partial charge in [-0.05, 0) is 35.4 Å². The first kappa shape index (κ1) is 25.1. The first-order valence-electron chi connectivity index (χ1n) is 12.3. The van der Waals surface area contributed by atoms with Gasteiger partial charge in [-0.25, -0.2) is 4.79 Å². The highest BCUT2D eigenvalue weighted by molar-refractivity contribution is 7.10. The zero-order valence-electron chi connectivity index (χ0n) is 20.6. The summed E-state index contributed by atoms with van der Waals surface area (Å²) in [5, 5.41) is 8.56. The number of fused-ring (bicyclic) bond motifs is 1. The number of hydrogen-bond acceptors (Lipinski definition) is 5. The summed E-state index contributed by atoms with van der Waals surface area (Å²) in [6.07, 6.45) is 2.87. The van der Waals surface area contributed by atoms with E-state index in [1.165, 1.54) is 12.5 Å². The predicted molar refractivity (Wildman–Crippen MR) is 140 cm³/mol. The number of hydrogen-bond donors (Lipinski definition) is 2. The molecule has 3 atom stereocenters. The second-order valence-corrected chi connectivity index (χ2v) is 10.5. The van der Waals surface area contributed by atoms with E-state index in [2.05, 4.69) is 42.7 Å². The minimum atomic E-state index is -0.932.